The summed E-state index contributed by atoms with van der Waals surface area (Å²) in [6.45, 7) is 6.97. The average Bonchev–Trinajstić information content (AvgIpc) is 2.79. The molecule has 1 saturated heterocycles. The lowest BCUT2D eigenvalue weighted by Crippen LogP contribution is -2.38. The molecule has 1 N–H and O–H groups in total. The molecule has 1 aromatic carbocycles. The van der Waals surface area contributed by atoms with Gasteiger partial charge in [0.15, 0.2) is 0 Å². The van der Waals surface area contributed by atoms with Crippen LogP contribution in [0.5, 0.6) is 0 Å². The molecule has 1 aliphatic heterocycles. The van der Waals surface area contributed by atoms with E-state index in [1.54, 1.807) is 0 Å². The summed E-state index contributed by atoms with van der Waals surface area (Å²) in [5.41, 5.74) is 2.45. The van der Waals surface area contributed by atoms with Gasteiger partial charge in [0, 0.05) is 18.0 Å². The number of thioether (sulfide) groups is 1. The van der Waals surface area contributed by atoms with Crippen LogP contribution in [0.2, 0.25) is 0 Å². The minimum Gasteiger partial charge on any atom is -0.336 e. The summed E-state index contributed by atoms with van der Waals surface area (Å²) >= 11 is 1.49. The second-order valence-corrected chi connectivity index (χ2v) is 6.14. The van der Waals surface area contributed by atoms with Crippen LogP contribution in [0.1, 0.15) is 18.1 Å². The molecule has 0 aliphatic carbocycles. The van der Waals surface area contributed by atoms with Gasteiger partial charge in [0.2, 0.25) is 5.91 Å². The lowest BCUT2D eigenvalue weighted by molar-refractivity contribution is -0.126. The third-order valence-electron chi connectivity index (χ3n) is 3.26. The Morgan fingerprint density at radius 1 is 1.37 bits per heavy atom. The van der Waals surface area contributed by atoms with E-state index in [2.05, 4.69) is 31.3 Å². The molecule has 0 bridgehead atoms. The van der Waals surface area contributed by atoms with Crippen molar-refractivity contribution >= 4 is 23.7 Å². The summed E-state index contributed by atoms with van der Waals surface area (Å²) in [5.74, 6) is -0.127. The zero-order chi connectivity index (χ0) is 14.0. The van der Waals surface area contributed by atoms with Gasteiger partial charge in [0.25, 0.3) is 0 Å². The van der Waals surface area contributed by atoms with Gasteiger partial charge in [-0.2, -0.15) is 0 Å². The lowest BCUT2D eigenvalue weighted by Gasteiger charge is -2.17. The summed E-state index contributed by atoms with van der Waals surface area (Å²) in [5, 5.41) is 2.38. The van der Waals surface area contributed by atoms with Crippen molar-refractivity contribution in [3.05, 3.63) is 29.3 Å². The zero-order valence-electron chi connectivity index (χ0n) is 11.4. The smallest absolute Gasteiger partial charge is 0.324 e. The molecule has 1 fully saturated rings. The molecule has 0 radical (unpaired) electrons. The number of aryl methyl sites for hydroxylation is 2. The van der Waals surface area contributed by atoms with Crippen LogP contribution in [-0.4, -0.2) is 35.2 Å². The predicted molar refractivity (Wildman–Crippen MR) is 76.3 cm³/mol. The first-order chi connectivity index (χ1) is 8.99. The summed E-state index contributed by atoms with van der Waals surface area (Å²) in [6.07, 6.45) is 0. The first-order valence-corrected chi connectivity index (χ1v) is 7.20. The molecule has 4 nitrogen and oxygen atoms in total. The van der Waals surface area contributed by atoms with Crippen molar-refractivity contribution in [1.29, 1.82) is 0 Å². The van der Waals surface area contributed by atoms with Gasteiger partial charge in [-0.15, -0.1) is 11.8 Å². The quantitative estimate of drug-likeness (QED) is 0.863. The Bertz CT molecular complexity index is 516. The van der Waals surface area contributed by atoms with Crippen LogP contribution in [0, 0.1) is 13.8 Å². The summed E-state index contributed by atoms with van der Waals surface area (Å²) in [4.78, 5) is 26.0. The van der Waals surface area contributed by atoms with E-state index in [1.165, 1.54) is 27.8 Å². The molecular formula is C14H18N2O2S. The number of urea groups is 1. The van der Waals surface area contributed by atoms with Crippen molar-refractivity contribution < 1.29 is 9.59 Å². The SMILES string of the molecule is Cc1ccc(S[C@@H](C)C(=O)N2CCNC2=O)cc1C. The van der Waals surface area contributed by atoms with E-state index in [1.807, 2.05) is 13.0 Å². The molecule has 102 valence electrons. The molecule has 0 spiro atoms. The van der Waals surface area contributed by atoms with Gasteiger partial charge in [0.1, 0.15) is 0 Å². The fourth-order valence-corrected chi connectivity index (χ4v) is 2.97. The van der Waals surface area contributed by atoms with E-state index >= 15 is 0 Å². The third-order valence-corrected chi connectivity index (χ3v) is 4.34. The Hall–Kier alpha value is -1.49. The van der Waals surface area contributed by atoms with E-state index < -0.39 is 0 Å². The van der Waals surface area contributed by atoms with Crippen molar-refractivity contribution in [2.24, 2.45) is 0 Å². The molecule has 3 amide bonds. The van der Waals surface area contributed by atoms with Gasteiger partial charge in [-0.3, -0.25) is 9.69 Å². The highest BCUT2D eigenvalue weighted by Crippen LogP contribution is 2.26. The fourth-order valence-electron chi connectivity index (χ4n) is 1.94. The number of hydrogen-bond acceptors (Lipinski definition) is 3. The number of benzene rings is 1. The van der Waals surface area contributed by atoms with Crippen LogP contribution in [0.25, 0.3) is 0 Å². The first kappa shape index (κ1) is 13.9. The predicted octanol–water partition coefficient (Wildman–Crippen LogP) is 2.34. The number of carbonyl (C=O) groups excluding carboxylic acids is 2. The van der Waals surface area contributed by atoms with E-state index in [0.29, 0.717) is 13.1 Å². The molecule has 0 saturated carbocycles. The number of amides is 3. The monoisotopic (exact) mass is 278 g/mol. The van der Waals surface area contributed by atoms with Crippen molar-refractivity contribution in [3.63, 3.8) is 0 Å². The topological polar surface area (TPSA) is 49.4 Å². The molecular weight excluding hydrogens is 260 g/mol. The minimum atomic E-state index is -0.280. The third kappa shape index (κ3) is 3.10. The Balaban J connectivity index is 2.03. The fraction of sp³-hybridized carbons (Fsp3) is 0.429. The van der Waals surface area contributed by atoms with Gasteiger partial charge in [0.05, 0.1) is 5.25 Å². The van der Waals surface area contributed by atoms with E-state index in [9.17, 15) is 9.59 Å². The van der Waals surface area contributed by atoms with Crippen LogP contribution in [-0.2, 0) is 4.79 Å². The van der Waals surface area contributed by atoms with Gasteiger partial charge >= 0.3 is 6.03 Å². The molecule has 0 aromatic heterocycles. The normalized spacial score (nSPS) is 16.4. The maximum atomic E-state index is 12.2. The van der Waals surface area contributed by atoms with Crippen LogP contribution < -0.4 is 5.32 Å². The minimum absolute atomic E-state index is 0.127. The van der Waals surface area contributed by atoms with Crippen molar-refractivity contribution in [3.8, 4) is 0 Å². The van der Waals surface area contributed by atoms with Crippen molar-refractivity contribution in [2.45, 2.75) is 30.9 Å². The Morgan fingerprint density at radius 2 is 2.11 bits per heavy atom. The van der Waals surface area contributed by atoms with Crippen molar-refractivity contribution in [2.75, 3.05) is 13.1 Å². The van der Waals surface area contributed by atoms with Crippen LogP contribution in [0.4, 0.5) is 4.79 Å². The highest BCUT2D eigenvalue weighted by atomic mass is 32.2. The number of nitrogens with zero attached hydrogens (tertiary/aromatic N) is 1. The molecule has 19 heavy (non-hydrogen) atoms. The zero-order valence-corrected chi connectivity index (χ0v) is 12.2. The molecule has 1 aliphatic rings. The Labute approximate surface area is 117 Å². The van der Waals surface area contributed by atoms with Gasteiger partial charge in [-0.05, 0) is 44.0 Å². The van der Waals surface area contributed by atoms with Crippen LogP contribution in [0.3, 0.4) is 0 Å². The average molecular weight is 278 g/mol. The maximum Gasteiger partial charge on any atom is 0.324 e. The van der Waals surface area contributed by atoms with Crippen molar-refractivity contribution in [1.82, 2.24) is 10.2 Å². The number of imide groups is 1. The summed E-state index contributed by atoms with van der Waals surface area (Å²) in [7, 11) is 0. The first-order valence-electron chi connectivity index (χ1n) is 6.32. The molecule has 1 atom stereocenters. The van der Waals surface area contributed by atoms with Crippen LogP contribution >= 0.6 is 11.8 Å². The second kappa shape index (κ2) is 5.65. The molecule has 0 unspecified atom stereocenters. The van der Waals surface area contributed by atoms with E-state index in [-0.39, 0.29) is 17.2 Å². The highest BCUT2D eigenvalue weighted by molar-refractivity contribution is 8.00. The second-order valence-electron chi connectivity index (χ2n) is 4.73. The van der Waals surface area contributed by atoms with E-state index in [0.717, 1.165) is 4.90 Å². The lowest BCUT2D eigenvalue weighted by atomic mass is 10.1. The molecule has 2 rings (SSSR count). The van der Waals surface area contributed by atoms with Gasteiger partial charge < -0.3 is 5.32 Å². The largest absolute Gasteiger partial charge is 0.336 e. The molecule has 1 heterocycles. The number of hydrogen-bond donors (Lipinski definition) is 1. The summed E-state index contributed by atoms with van der Waals surface area (Å²) in [6, 6.07) is 5.86. The number of nitrogens with one attached hydrogen (secondary N) is 1. The molecule has 5 heteroatoms. The van der Waals surface area contributed by atoms with Gasteiger partial charge in [-0.1, -0.05) is 6.07 Å². The van der Waals surface area contributed by atoms with Gasteiger partial charge in [-0.25, -0.2) is 4.79 Å². The van der Waals surface area contributed by atoms with E-state index in [4.69, 9.17) is 0 Å². The molecule has 1 aromatic rings. The highest BCUT2D eigenvalue weighted by Gasteiger charge is 2.30. The summed E-state index contributed by atoms with van der Waals surface area (Å²) < 4.78 is 0. The Kier molecular flexibility index (Phi) is 4.14. The van der Waals surface area contributed by atoms with Crippen LogP contribution in [0.15, 0.2) is 23.1 Å². The maximum absolute atomic E-state index is 12.2. The number of carbonyl (C=O) groups is 2. The number of rotatable bonds is 3. The standard InChI is InChI=1S/C14H18N2O2S/c1-9-4-5-12(8-10(9)2)19-11(3)13(17)16-7-6-15-14(16)18/h4-5,8,11H,6-7H2,1-3H3,(H,15,18)/t11-/m0/s1. The Morgan fingerprint density at radius 3 is 2.68 bits per heavy atom.